The maximum absolute atomic E-state index is 13.3. The molecule has 1 aliphatic carbocycles. The highest BCUT2D eigenvalue weighted by molar-refractivity contribution is 5.94. The van der Waals surface area contributed by atoms with Crippen molar-refractivity contribution < 1.29 is 14.7 Å². The fourth-order valence-corrected chi connectivity index (χ4v) is 6.08. The van der Waals surface area contributed by atoms with Gasteiger partial charge in [0, 0.05) is 37.4 Å². The van der Waals surface area contributed by atoms with Crippen LogP contribution in [0.2, 0.25) is 0 Å². The maximum atomic E-state index is 13.3. The van der Waals surface area contributed by atoms with Crippen molar-refractivity contribution in [3.8, 4) is 0 Å². The molecule has 2 amide bonds. The number of aliphatic hydroxyl groups excluding tert-OH is 1. The van der Waals surface area contributed by atoms with Crippen molar-refractivity contribution in [1.29, 1.82) is 0 Å². The first-order valence-electron chi connectivity index (χ1n) is 13.3. The van der Waals surface area contributed by atoms with Crippen molar-refractivity contribution in [2.45, 2.75) is 83.8 Å². The smallest absolute Gasteiger partial charge is 0.274 e. The Balaban J connectivity index is 1.27. The number of nitrogens with zero attached hydrogens (tertiary/aromatic N) is 4. The summed E-state index contributed by atoms with van der Waals surface area (Å²) in [6, 6.07) is 6.54. The third kappa shape index (κ3) is 4.88. The second-order valence-corrected chi connectivity index (χ2v) is 10.6. The Kier molecular flexibility index (Phi) is 6.96. The molecule has 2 saturated heterocycles. The number of rotatable bonds is 4. The maximum Gasteiger partial charge on any atom is 0.274 e. The SMILES string of the molecule is Cc1cccc(C2CCN(C(=O)Cn3nc(C(=O)N4CCC(O)CC4)c4c3CCCC4)CC2)c1C. The molecule has 188 valence electrons. The highest BCUT2D eigenvalue weighted by atomic mass is 16.3. The van der Waals surface area contributed by atoms with Gasteiger partial charge in [-0.3, -0.25) is 14.3 Å². The molecular weight excluding hydrogens is 440 g/mol. The summed E-state index contributed by atoms with van der Waals surface area (Å²) in [7, 11) is 0. The number of aromatic nitrogens is 2. The van der Waals surface area contributed by atoms with Gasteiger partial charge in [-0.05, 0) is 87.8 Å². The number of carbonyl (C=O) groups excluding carboxylic acids is 2. The van der Waals surface area contributed by atoms with Crippen LogP contribution in [0, 0.1) is 13.8 Å². The molecule has 3 aliphatic rings. The van der Waals surface area contributed by atoms with Gasteiger partial charge in [-0.1, -0.05) is 18.2 Å². The van der Waals surface area contributed by atoms with Crippen molar-refractivity contribution in [1.82, 2.24) is 19.6 Å². The molecule has 0 bridgehead atoms. The summed E-state index contributed by atoms with van der Waals surface area (Å²) in [4.78, 5) is 30.3. The minimum Gasteiger partial charge on any atom is -0.393 e. The molecule has 0 radical (unpaired) electrons. The molecule has 3 heterocycles. The van der Waals surface area contributed by atoms with E-state index in [-0.39, 0.29) is 24.5 Å². The molecule has 7 heteroatoms. The van der Waals surface area contributed by atoms with E-state index in [4.69, 9.17) is 5.10 Å². The number of fused-ring (bicyclic) bond motifs is 1. The Bertz CT molecular complexity index is 1090. The number of hydrogen-bond donors (Lipinski definition) is 1. The van der Waals surface area contributed by atoms with Gasteiger partial charge in [0.2, 0.25) is 5.91 Å². The quantitative estimate of drug-likeness (QED) is 0.731. The summed E-state index contributed by atoms with van der Waals surface area (Å²) in [5, 5.41) is 14.5. The number of amides is 2. The average molecular weight is 479 g/mol. The van der Waals surface area contributed by atoms with E-state index in [0.29, 0.717) is 37.5 Å². The first kappa shape index (κ1) is 24.0. The normalized spacial score (nSPS) is 19.6. The summed E-state index contributed by atoms with van der Waals surface area (Å²) < 4.78 is 1.82. The highest BCUT2D eigenvalue weighted by Crippen LogP contribution is 2.32. The van der Waals surface area contributed by atoms with Crippen LogP contribution in [0.1, 0.15) is 82.9 Å². The van der Waals surface area contributed by atoms with Gasteiger partial charge < -0.3 is 14.9 Å². The summed E-state index contributed by atoms with van der Waals surface area (Å²) in [5.41, 5.74) is 6.75. The van der Waals surface area contributed by atoms with Crippen LogP contribution in [0.25, 0.3) is 0 Å². The molecule has 2 fully saturated rings. The van der Waals surface area contributed by atoms with Crippen molar-refractivity contribution in [3.63, 3.8) is 0 Å². The van der Waals surface area contributed by atoms with Gasteiger partial charge in [0.15, 0.2) is 5.69 Å². The third-order valence-corrected chi connectivity index (χ3v) is 8.43. The molecule has 35 heavy (non-hydrogen) atoms. The first-order valence-corrected chi connectivity index (χ1v) is 13.3. The van der Waals surface area contributed by atoms with Crippen molar-refractivity contribution in [2.24, 2.45) is 0 Å². The van der Waals surface area contributed by atoms with Gasteiger partial charge in [0.1, 0.15) is 6.54 Å². The molecule has 0 spiro atoms. The number of hydrogen-bond acceptors (Lipinski definition) is 4. The molecule has 1 N–H and O–H groups in total. The highest BCUT2D eigenvalue weighted by Gasteiger charge is 2.31. The number of likely N-dealkylation sites (tertiary alicyclic amines) is 2. The molecule has 0 unspecified atom stereocenters. The lowest BCUT2D eigenvalue weighted by molar-refractivity contribution is -0.133. The molecule has 1 aromatic heterocycles. The molecule has 2 aromatic rings. The molecule has 1 aromatic carbocycles. The van der Waals surface area contributed by atoms with Crippen LogP contribution in [-0.2, 0) is 24.2 Å². The number of aryl methyl sites for hydroxylation is 1. The van der Waals surface area contributed by atoms with Crippen molar-refractivity contribution >= 4 is 11.8 Å². The van der Waals surface area contributed by atoms with Crippen LogP contribution < -0.4 is 0 Å². The first-order chi connectivity index (χ1) is 16.9. The average Bonchev–Trinajstić information content (AvgIpc) is 3.24. The summed E-state index contributed by atoms with van der Waals surface area (Å²) in [5.74, 6) is 0.555. The van der Waals surface area contributed by atoms with Gasteiger partial charge in [0.05, 0.1) is 6.10 Å². The van der Waals surface area contributed by atoms with E-state index in [2.05, 4.69) is 32.0 Å². The second kappa shape index (κ2) is 10.1. The Morgan fingerprint density at radius 1 is 0.971 bits per heavy atom. The third-order valence-electron chi connectivity index (χ3n) is 8.43. The van der Waals surface area contributed by atoms with Crippen molar-refractivity contribution in [2.75, 3.05) is 26.2 Å². The van der Waals surface area contributed by atoms with Crippen LogP contribution >= 0.6 is 0 Å². The van der Waals surface area contributed by atoms with E-state index >= 15 is 0 Å². The number of aliphatic hydroxyl groups is 1. The van der Waals surface area contributed by atoms with E-state index in [1.807, 2.05) is 14.5 Å². The minimum atomic E-state index is -0.317. The van der Waals surface area contributed by atoms with E-state index < -0.39 is 0 Å². The molecule has 2 aliphatic heterocycles. The monoisotopic (exact) mass is 478 g/mol. The predicted molar refractivity (Wildman–Crippen MR) is 134 cm³/mol. The second-order valence-electron chi connectivity index (χ2n) is 10.6. The van der Waals surface area contributed by atoms with Gasteiger partial charge in [0.25, 0.3) is 5.91 Å². The lowest BCUT2D eigenvalue weighted by Gasteiger charge is -2.33. The lowest BCUT2D eigenvalue weighted by atomic mass is 9.85. The minimum absolute atomic E-state index is 0.0458. The molecule has 7 nitrogen and oxygen atoms in total. The molecular formula is C28H38N4O3. The van der Waals surface area contributed by atoms with E-state index in [1.165, 1.54) is 16.7 Å². The zero-order valence-corrected chi connectivity index (χ0v) is 21.1. The van der Waals surface area contributed by atoms with Crippen LogP contribution in [0.15, 0.2) is 18.2 Å². The van der Waals surface area contributed by atoms with Gasteiger partial charge in [-0.2, -0.15) is 5.10 Å². The van der Waals surface area contributed by atoms with Gasteiger partial charge in [-0.15, -0.1) is 0 Å². The largest absolute Gasteiger partial charge is 0.393 e. The lowest BCUT2D eigenvalue weighted by Crippen LogP contribution is -2.41. The zero-order valence-electron chi connectivity index (χ0n) is 21.1. The fraction of sp³-hybridized carbons (Fsp3) is 0.607. The van der Waals surface area contributed by atoms with Gasteiger partial charge >= 0.3 is 0 Å². The van der Waals surface area contributed by atoms with E-state index in [9.17, 15) is 14.7 Å². The van der Waals surface area contributed by atoms with Crippen LogP contribution in [-0.4, -0.2) is 68.8 Å². The Labute approximate surface area is 208 Å². The number of benzene rings is 1. The fourth-order valence-electron chi connectivity index (χ4n) is 6.08. The summed E-state index contributed by atoms with van der Waals surface area (Å²) >= 11 is 0. The van der Waals surface area contributed by atoms with Crippen LogP contribution in [0.3, 0.4) is 0 Å². The molecule has 0 saturated carbocycles. The Hall–Kier alpha value is -2.67. The molecule has 5 rings (SSSR count). The van der Waals surface area contributed by atoms with Crippen LogP contribution in [0.5, 0.6) is 0 Å². The zero-order chi connectivity index (χ0) is 24.5. The van der Waals surface area contributed by atoms with E-state index in [1.54, 1.807) is 0 Å². The van der Waals surface area contributed by atoms with E-state index in [0.717, 1.165) is 62.9 Å². The Morgan fingerprint density at radius 3 is 2.40 bits per heavy atom. The summed E-state index contributed by atoms with van der Waals surface area (Å²) in [6.45, 7) is 7.24. The topological polar surface area (TPSA) is 78.7 Å². The predicted octanol–water partition coefficient (Wildman–Crippen LogP) is 3.38. The molecule has 0 atom stereocenters. The standard InChI is InChI=1S/C28H38N4O3/c1-19-6-5-8-23(20(19)2)21-10-14-30(15-11-21)26(34)18-32-25-9-4-3-7-24(25)27(29-32)28(35)31-16-12-22(33)13-17-31/h5-6,8,21-22,33H,3-4,7,9-18H2,1-2H3. The van der Waals surface area contributed by atoms with Crippen LogP contribution in [0.4, 0.5) is 0 Å². The van der Waals surface area contributed by atoms with Gasteiger partial charge in [-0.25, -0.2) is 0 Å². The Morgan fingerprint density at radius 2 is 1.66 bits per heavy atom. The van der Waals surface area contributed by atoms with Crippen molar-refractivity contribution in [3.05, 3.63) is 51.8 Å². The number of piperidine rings is 2. The number of carbonyl (C=O) groups is 2. The summed E-state index contributed by atoms with van der Waals surface area (Å²) in [6.07, 6.45) is 6.72.